The van der Waals surface area contributed by atoms with E-state index in [1.807, 2.05) is 11.4 Å². The third-order valence-electron chi connectivity index (χ3n) is 2.78. The predicted molar refractivity (Wildman–Crippen MR) is 89.5 cm³/mol. The first-order chi connectivity index (χ1) is 10.1. The van der Waals surface area contributed by atoms with Crippen molar-refractivity contribution >= 4 is 34.5 Å². The molecule has 0 bridgehead atoms. The Morgan fingerprint density at radius 2 is 2.14 bits per heavy atom. The molecule has 0 amide bonds. The molecule has 0 aliphatic carbocycles. The molecule has 3 nitrogen and oxygen atoms in total. The molecule has 0 spiro atoms. The molecule has 1 aromatic carbocycles. The van der Waals surface area contributed by atoms with E-state index in [0.29, 0.717) is 34.9 Å². The van der Waals surface area contributed by atoms with Crippen LogP contribution in [-0.4, -0.2) is 11.5 Å². The van der Waals surface area contributed by atoms with Crippen molar-refractivity contribution in [1.29, 1.82) is 0 Å². The second-order valence-corrected chi connectivity index (χ2v) is 6.94. The second-order valence-electron chi connectivity index (χ2n) is 5.12. The van der Waals surface area contributed by atoms with Crippen LogP contribution in [0.25, 0.3) is 0 Å². The fraction of sp³-hybridized carbons (Fsp3) is 0.400. The van der Waals surface area contributed by atoms with Gasteiger partial charge in [-0.3, -0.25) is 0 Å². The van der Waals surface area contributed by atoms with Gasteiger partial charge in [-0.15, -0.1) is 11.3 Å². The zero-order chi connectivity index (χ0) is 15.2. The normalized spacial score (nSPS) is 11.1. The topological polar surface area (TPSA) is 34.1 Å². The fourth-order valence-electron chi connectivity index (χ4n) is 1.86. The van der Waals surface area contributed by atoms with E-state index < -0.39 is 0 Å². The summed E-state index contributed by atoms with van der Waals surface area (Å²) in [5.41, 5.74) is 0.963. The highest BCUT2D eigenvalue weighted by atomic mass is 35.5. The third kappa shape index (κ3) is 5.15. The van der Waals surface area contributed by atoms with Gasteiger partial charge in [0.2, 0.25) is 0 Å². The van der Waals surface area contributed by atoms with E-state index in [4.69, 9.17) is 27.9 Å². The quantitative estimate of drug-likeness (QED) is 0.785. The van der Waals surface area contributed by atoms with Crippen LogP contribution >= 0.6 is 34.5 Å². The monoisotopic (exact) mass is 344 g/mol. The maximum atomic E-state index is 6.26. The van der Waals surface area contributed by atoms with Crippen LogP contribution in [0.2, 0.25) is 10.0 Å². The first kappa shape index (κ1) is 16.6. The first-order valence-corrected chi connectivity index (χ1v) is 8.39. The summed E-state index contributed by atoms with van der Waals surface area (Å²) in [7, 11) is 0. The van der Waals surface area contributed by atoms with Gasteiger partial charge >= 0.3 is 0 Å². The maximum absolute atomic E-state index is 6.26. The number of nitrogens with one attached hydrogen (secondary N) is 1. The smallest absolute Gasteiger partial charge is 0.143 e. The molecule has 0 saturated carbocycles. The van der Waals surface area contributed by atoms with Crippen LogP contribution in [0.5, 0.6) is 5.75 Å². The van der Waals surface area contributed by atoms with E-state index in [-0.39, 0.29) is 0 Å². The van der Waals surface area contributed by atoms with Crippen LogP contribution in [0.1, 0.15) is 24.4 Å². The Bertz CT molecular complexity index is 573. The third-order valence-corrected chi connectivity index (χ3v) is 4.03. The van der Waals surface area contributed by atoms with Crippen molar-refractivity contribution in [1.82, 2.24) is 10.3 Å². The molecule has 6 heteroatoms. The molecule has 21 heavy (non-hydrogen) atoms. The predicted octanol–water partition coefficient (Wildman–Crippen LogP) is 4.77. The molecular formula is C15H18Cl2N2OS. The highest BCUT2D eigenvalue weighted by molar-refractivity contribution is 7.09. The van der Waals surface area contributed by atoms with Gasteiger partial charge in [-0.05, 0) is 24.6 Å². The summed E-state index contributed by atoms with van der Waals surface area (Å²) >= 11 is 13.9. The number of aromatic nitrogens is 1. The number of nitrogens with zero attached hydrogens (tertiary/aromatic N) is 1. The Hall–Kier alpha value is -0.810. The van der Waals surface area contributed by atoms with Gasteiger partial charge in [0.15, 0.2) is 0 Å². The first-order valence-electron chi connectivity index (χ1n) is 6.76. The number of hydrogen-bond acceptors (Lipinski definition) is 4. The summed E-state index contributed by atoms with van der Waals surface area (Å²) in [4.78, 5) is 4.20. The molecule has 0 saturated heterocycles. The van der Waals surface area contributed by atoms with Gasteiger partial charge < -0.3 is 10.1 Å². The molecule has 0 unspecified atom stereocenters. The molecule has 0 aliphatic heterocycles. The Morgan fingerprint density at radius 3 is 2.81 bits per heavy atom. The van der Waals surface area contributed by atoms with E-state index >= 15 is 0 Å². The standard InChI is InChI=1S/C15H18Cl2N2OS/c1-10(2)7-18-8-11-5-12(16)6-13(17)15(11)20-9-14-19-3-4-21-14/h3-6,10,18H,7-9H2,1-2H3. The molecule has 1 aromatic heterocycles. The molecule has 2 rings (SSSR count). The number of halogens is 2. The van der Waals surface area contributed by atoms with Crippen molar-refractivity contribution in [2.75, 3.05) is 6.54 Å². The fourth-order valence-corrected chi connectivity index (χ4v) is 2.98. The molecule has 0 radical (unpaired) electrons. The number of benzene rings is 1. The van der Waals surface area contributed by atoms with E-state index in [0.717, 1.165) is 17.1 Å². The lowest BCUT2D eigenvalue weighted by molar-refractivity contribution is 0.301. The van der Waals surface area contributed by atoms with Crippen LogP contribution < -0.4 is 10.1 Å². The number of hydrogen-bond donors (Lipinski definition) is 1. The van der Waals surface area contributed by atoms with Gasteiger partial charge in [-0.25, -0.2) is 4.98 Å². The van der Waals surface area contributed by atoms with Gasteiger partial charge in [0.25, 0.3) is 0 Å². The van der Waals surface area contributed by atoms with Crippen LogP contribution in [-0.2, 0) is 13.2 Å². The lowest BCUT2D eigenvalue weighted by Crippen LogP contribution is -2.19. The summed E-state index contributed by atoms with van der Waals surface area (Å²) in [6, 6.07) is 3.59. The zero-order valence-electron chi connectivity index (χ0n) is 12.0. The van der Waals surface area contributed by atoms with Crippen LogP contribution in [0.3, 0.4) is 0 Å². The Balaban J connectivity index is 2.09. The van der Waals surface area contributed by atoms with Gasteiger partial charge in [0, 0.05) is 28.7 Å². The summed E-state index contributed by atoms with van der Waals surface area (Å²) in [5, 5.41) is 7.36. The Labute approximate surface area is 139 Å². The zero-order valence-corrected chi connectivity index (χ0v) is 14.4. The second kappa shape index (κ2) is 7.99. The van der Waals surface area contributed by atoms with Crippen molar-refractivity contribution < 1.29 is 4.74 Å². The van der Waals surface area contributed by atoms with Crippen molar-refractivity contribution in [3.05, 3.63) is 44.3 Å². The Kier molecular flexibility index (Phi) is 6.30. The van der Waals surface area contributed by atoms with Crippen LogP contribution in [0, 0.1) is 5.92 Å². The summed E-state index contributed by atoms with van der Waals surface area (Å²) in [5.74, 6) is 1.26. The van der Waals surface area contributed by atoms with Gasteiger partial charge in [0.05, 0.1) is 5.02 Å². The van der Waals surface area contributed by atoms with Gasteiger partial charge in [-0.2, -0.15) is 0 Å². The van der Waals surface area contributed by atoms with Crippen LogP contribution in [0.4, 0.5) is 0 Å². The van der Waals surface area contributed by atoms with Crippen molar-refractivity contribution in [3.63, 3.8) is 0 Å². The Morgan fingerprint density at radius 1 is 1.33 bits per heavy atom. The van der Waals surface area contributed by atoms with Crippen molar-refractivity contribution in [2.24, 2.45) is 5.92 Å². The summed E-state index contributed by atoms with van der Waals surface area (Å²) in [6.45, 7) is 6.34. The summed E-state index contributed by atoms with van der Waals surface area (Å²) < 4.78 is 5.84. The lowest BCUT2D eigenvalue weighted by atomic mass is 10.1. The van der Waals surface area contributed by atoms with Crippen LogP contribution in [0.15, 0.2) is 23.7 Å². The molecular weight excluding hydrogens is 327 g/mol. The number of ether oxygens (including phenoxy) is 1. The molecule has 0 atom stereocenters. The number of rotatable bonds is 7. The molecule has 0 aliphatic rings. The highest BCUT2D eigenvalue weighted by Crippen LogP contribution is 2.33. The minimum Gasteiger partial charge on any atom is -0.485 e. The average Bonchev–Trinajstić information content (AvgIpc) is 2.90. The van der Waals surface area contributed by atoms with Gasteiger partial charge in [-0.1, -0.05) is 37.0 Å². The largest absolute Gasteiger partial charge is 0.485 e. The number of thiazole rings is 1. The average molecular weight is 345 g/mol. The van der Waals surface area contributed by atoms with Crippen molar-refractivity contribution in [3.8, 4) is 5.75 Å². The minimum absolute atomic E-state index is 0.413. The maximum Gasteiger partial charge on any atom is 0.143 e. The molecule has 114 valence electrons. The molecule has 1 heterocycles. The van der Waals surface area contributed by atoms with E-state index in [9.17, 15) is 0 Å². The summed E-state index contributed by atoms with van der Waals surface area (Å²) in [6.07, 6.45) is 1.76. The molecule has 2 aromatic rings. The van der Waals surface area contributed by atoms with Crippen molar-refractivity contribution in [2.45, 2.75) is 27.0 Å². The molecule has 0 fully saturated rings. The van der Waals surface area contributed by atoms with E-state index in [2.05, 4.69) is 24.1 Å². The van der Waals surface area contributed by atoms with Gasteiger partial charge in [0.1, 0.15) is 17.4 Å². The van der Waals surface area contributed by atoms with E-state index in [1.165, 1.54) is 0 Å². The highest BCUT2D eigenvalue weighted by Gasteiger charge is 2.12. The SMILES string of the molecule is CC(C)CNCc1cc(Cl)cc(Cl)c1OCc1nccs1. The minimum atomic E-state index is 0.413. The molecule has 1 N–H and O–H groups in total. The van der Waals surface area contributed by atoms with E-state index in [1.54, 1.807) is 23.6 Å². The lowest BCUT2D eigenvalue weighted by Gasteiger charge is -2.14.